The Balaban J connectivity index is 2.03. The van der Waals surface area contributed by atoms with Crippen molar-refractivity contribution in [3.05, 3.63) is 102 Å². The van der Waals surface area contributed by atoms with Crippen LogP contribution in [0.1, 0.15) is 46.4 Å². The van der Waals surface area contributed by atoms with Crippen LogP contribution in [0.25, 0.3) is 16.5 Å². The van der Waals surface area contributed by atoms with Gasteiger partial charge in [-0.2, -0.15) is 0 Å². The minimum atomic E-state index is -0.719. The van der Waals surface area contributed by atoms with E-state index in [0.29, 0.717) is 22.4 Å². The number of nitrogens with zero attached hydrogens (tertiary/aromatic N) is 4. The molecule has 0 spiro atoms. The smallest absolute Gasteiger partial charge is 0.289 e. The van der Waals surface area contributed by atoms with Crippen LogP contribution in [-0.4, -0.2) is 15.6 Å². The van der Waals surface area contributed by atoms with Gasteiger partial charge in [0.05, 0.1) is 20.8 Å². The van der Waals surface area contributed by atoms with E-state index in [-0.39, 0.29) is 11.5 Å². The molecule has 3 aromatic rings. The molecule has 0 bridgehead atoms. The van der Waals surface area contributed by atoms with E-state index in [2.05, 4.69) is 10.2 Å². The largest absolute Gasteiger partial charge is 0.303 e. The maximum absolute atomic E-state index is 13.5. The SMILES string of the molecule is CC(C)(C)C1=CC(=C(N=Nc2ccc([N+](=O)[O-])cc2[N+](=O)[O-])c2scc3ccccc23)C=C(C(C)(C)C)C1=O. The number of azo groups is 1. The molecule has 200 valence electrons. The summed E-state index contributed by atoms with van der Waals surface area (Å²) in [6.07, 6.45) is 3.65. The zero-order chi connectivity index (χ0) is 28.7. The van der Waals surface area contributed by atoms with Crippen molar-refractivity contribution in [1.29, 1.82) is 0 Å². The van der Waals surface area contributed by atoms with E-state index in [0.717, 1.165) is 27.8 Å². The molecule has 0 aliphatic heterocycles. The van der Waals surface area contributed by atoms with Gasteiger partial charge in [-0.15, -0.1) is 21.6 Å². The molecule has 0 atom stereocenters. The molecule has 1 aliphatic rings. The summed E-state index contributed by atoms with van der Waals surface area (Å²) in [5.41, 5.74) is 0.397. The fourth-order valence-electron chi connectivity index (χ4n) is 4.25. The number of nitro groups is 2. The van der Waals surface area contributed by atoms with Crippen LogP contribution >= 0.6 is 11.3 Å². The molecule has 39 heavy (non-hydrogen) atoms. The van der Waals surface area contributed by atoms with Crippen LogP contribution in [0.15, 0.2) is 86.9 Å². The molecule has 1 aromatic heterocycles. The Bertz CT molecular complexity index is 1610. The van der Waals surface area contributed by atoms with E-state index in [9.17, 15) is 25.0 Å². The van der Waals surface area contributed by atoms with Crippen LogP contribution in [0.3, 0.4) is 0 Å². The highest BCUT2D eigenvalue weighted by Gasteiger charge is 2.35. The summed E-state index contributed by atoms with van der Waals surface area (Å²) in [5, 5.41) is 35.5. The Kier molecular flexibility index (Phi) is 7.18. The predicted octanol–water partition coefficient (Wildman–Crippen LogP) is 8.74. The molecule has 0 radical (unpaired) electrons. The third-order valence-corrected chi connectivity index (χ3v) is 7.35. The summed E-state index contributed by atoms with van der Waals surface area (Å²) in [4.78, 5) is 35.8. The molecular weight excluding hydrogens is 516 g/mol. The van der Waals surface area contributed by atoms with E-state index < -0.39 is 32.1 Å². The second-order valence-corrected chi connectivity index (χ2v) is 12.2. The van der Waals surface area contributed by atoms with E-state index in [4.69, 9.17) is 0 Å². The average molecular weight is 545 g/mol. The van der Waals surface area contributed by atoms with E-state index in [1.54, 1.807) is 0 Å². The first-order valence-corrected chi connectivity index (χ1v) is 13.1. The van der Waals surface area contributed by atoms with Crippen LogP contribution in [0, 0.1) is 31.1 Å². The molecule has 0 saturated heterocycles. The number of allylic oxidation sites excluding steroid dienone is 5. The third-order valence-electron chi connectivity index (χ3n) is 6.33. The molecule has 9 nitrogen and oxygen atoms in total. The van der Waals surface area contributed by atoms with Crippen molar-refractivity contribution in [3.8, 4) is 0 Å². The zero-order valence-electron chi connectivity index (χ0n) is 22.5. The van der Waals surface area contributed by atoms with Crippen molar-refractivity contribution >= 4 is 50.7 Å². The standard InChI is InChI=1S/C29H28N4O5S/c1-28(2,3)21-13-18(14-22(26(21)34)29(4,5)6)25(27-20-10-8-7-9-17(20)16-39-27)31-30-23-12-11-19(32(35)36)15-24(23)33(37)38/h7-16H,1-6H3. The molecule has 1 heterocycles. The minimum absolute atomic E-state index is 0.0305. The van der Waals surface area contributed by atoms with Gasteiger partial charge in [-0.3, -0.25) is 25.0 Å². The van der Waals surface area contributed by atoms with Crippen molar-refractivity contribution in [1.82, 2.24) is 0 Å². The number of carbonyl (C=O) groups is 1. The molecule has 0 N–H and O–H groups in total. The van der Waals surface area contributed by atoms with Crippen molar-refractivity contribution in [2.24, 2.45) is 21.1 Å². The molecule has 2 aromatic carbocycles. The van der Waals surface area contributed by atoms with Gasteiger partial charge >= 0.3 is 5.69 Å². The summed E-state index contributed by atoms with van der Waals surface area (Å²) in [6.45, 7) is 11.8. The number of ketones is 1. The number of hydrogen-bond acceptors (Lipinski definition) is 8. The number of fused-ring (bicyclic) bond motifs is 1. The average Bonchev–Trinajstić information content (AvgIpc) is 3.27. The van der Waals surface area contributed by atoms with Crippen LogP contribution < -0.4 is 0 Å². The van der Waals surface area contributed by atoms with Gasteiger partial charge < -0.3 is 0 Å². The normalized spacial score (nSPS) is 14.5. The first-order valence-electron chi connectivity index (χ1n) is 12.2. The maximum atomic E-state index is 13.5. The van der Waals surface area contributed by atoms with Gasteiger partial charge in [-0.05, 0) is 39.8 Å². The number of rotatable bonds is 5. The van der Waals surface area contributed by atoms with E-state index in [1.165, 1.54) is 17.4 Å². The number of Topliss-reactive ketones (excluding diaryl/α,β-unsaturated/α-hetero) is 1. The van der Waals surface area contributed by atoms with Gasteiger partial charge in [0.1, 0.15) is 5.70 Å². The third kappa shape index (κ3) is 5.61. The fraction of sp³-hybridized carbons (Fsp3) is 0.276. The first kappa shape index (κ1) is 27.7. The highest BCUT2D eigenvalue weighted by atomic mass is 32.1. The predicted molar refractivity (Wildman–Crippen MR) is 153 cm³/mol. The van der Waals surface area contributed by atoms with Crippen molar-refractivity contribution in [2.45, 2.75) is 41.5 Å². The molecule has 1 aliphatic carbocycles. The molecular formula is C29H28N4O5S. The van der Waals surface area contributed by atoms with Crippen LogP contribution in [0.5, 0.6) is 0 Å². The zero-order valence-corrected chi connectivity index (χ0v) is 23.3. The summed E-state index contributed by atoms with van der Waals surface area (Å²) in [5.74, 6) is -0.0305. The highest BCUT2D eigenvalue weighted by molar-refractivity contribution is 7.12. The Morgan fingerprint density at radius 1 is 0.872 bits per heavy atom. The lowest BCUT2D eigenvalue weighted by Gasteiger charge is -2.31. The second-order valence-electron chi connectivity index (χ2n) is 11.3. The van der Waals surface area contributed by atoms with Crippen LogP contribution in [0.2, 0.25) is 0 Å². The van der Waals surface area contributed by atoms with Gasteiger partial charge in [0.15, 0.2) is 11.5 Å². The fourth-order valence-corrected chi connectivity index (χ4v) is 5.28. The number of nitro benzene ring substituents is 2. The van der Waals surface area contributed by atoms with E-state index in [1.807, 2.05) is 83.3 Å². The number of benzene rings is 2. The summed E-state index contributed by atoms with van der Waals surface area (Å²) in [7, 11) is 0. The van der Waals surface area contributed by atoms with Gasteiger partial charge in [-0.1, -0.05) is 65.8 Å². The summed E-state index contributed by atoms with van der Waals surface area (Å²) < 4.78 is 0. The first-order chi connectivity index (χ1) is 18.2. The lowest BCUT2D eigenvalue weighted by atomic mass is 9.71. The minimum Gasteiger partial charge on any atom is -0.289 e. The number of hydrogen-bond donors (Lipinski definition) is 0. The molecule has 0 amide bonds. The van der Waals surface area contributed by atoms with E-state index >= 15 is 0 Å². The maximum Gasteiger partial charge on any atom is 0.303 e. The second kappa shape index (κ2) is 10.1. The topological polar surface area (TPSA) is 128 Å². The Hall–Kier alpha value is -4.31. The van der Waals surface area contributed by atoms with Crippen LogP contribution in [0.4, 0.5) is 17.1 Å². The lowest BCUT2D eigenvalue weighted by Crippen LogP contribution is -2.28. The molecule has 0 fully saturated rings. The summed E-state index contributed by atoms with van der Waals surface area (Å²) in [6, 6.07) is 11.0. The lowest BCUT2D eigenvalue weighted by molar-refractivity contribution is -0.393. The quantitative estimate of drug-likeness (QED) is 0.180. The highest BCUT2D eigenvalue weighted by Crippen LogP contribution is 2.43. The Labute approximate surface area is 229 Å². The van der Waals surface area contributed by atoms with Crippen molar-refractivity contribution in [2.75, 3.05) is 0 Å². The molecule has 0 saturated carbocycles. The van der Waals surface area contributed by atoms with Gasteiger partial charge in [-0.25, -0.2) is 0 Å². The van der Waals surface area contributed by atoms with Gasteiger partial charge in [0.25, 0.3) is 5.69 Å². The Morgan fingerprint density at radius 3 is 2.05 bits per heavy atom. The molecule has 10 heteroatoms. The van der Waals surface area contributed by atoms with Crippen molar-refractivity contribution in [3.63, 3.8) is 0 Å². The van der Waals surface area contributed by atoms with Gasteiger partial charge in [0, 0.05) is 28.2 Å². The van der Waals surface area contributed by atoms with Crippen LogP contribution in [-0.2, 0) is 4.79 Å². The number of thiophene rings is 1. The van der Waals surface area contributed by atoms with Crippen molar-refractivity contribution < 1.29 is 14.6 Å². The monoisotopic (exact) mass is 544 g/mol. The number of carbonyl (C=O) groups excluding carboxylic acids is 1. The summed E-state index contributed by atoms with van der Waals surface area (Å²) >= 11 is 1.46. The molecule has 0 unspecified atom stereocenters. The molecule has 4 rings (SSSR count). The van der Waals surface area contributed by atoms with Gasteiger partial charge in [0.2, 0.25) is 0 Å². The number of non-ortho nitro benzene ring substituents is 1. The Morgan fingerprint density at radius 2 is 1.49 bits per heavy atom.